The number of carbonyl (C=O) groups excluding carboxylic acids is 1. The molecule has 144 valence electrons. The maximum Gasteiger partial charge on any atom is 0.338 e. The minimum absolute atomic E-state index is 0.217. The fourth-order valence-corrected chi connectivity index (χ4v) is 2.58. The molecule has 3 aromatic rings. The van der Waals surface area contributed by atoms with Crippen LogP contribution in [0.4, 0.5) is 0 Å². The average Bonchev–Trinajstić information content (AvgIpc) is 2.76. The number of carbonyl (C=O) groups is 1. The second-order valence-electron chi connectivity index (χ2n) is 5.70. The van der Waals surface area contributed by atoms with Crippen LogP contribution in [0.1, 0.15) is 18.1 Å². The number of para-hydroxylation sites is 2. The molecule has 0 amide bonds. The number of nitrogens with zero attached hydrogens (tertiary/aromatic N) is 3. The van der Waals surface area contributed by atoms with E-state index in [1.807, 2.05) is 0 Å². The van der Waals surface area contributed by atoms with Crippen molar-refractivity contribution < 1.29 is 19.0 Å². The van der Waals surface area contributed by atoms with Gasteiger partial charge in [-0.15, -0.1) is 0 Å². The minimum Gasteiger partial charge on any atom is -0.465 e. The SMILES string of the molecule is CC=C(C(=O)OC)c1ccccc1Oc1cc(Oc2ccccc2C#N)ncn1. The lowest BCUT2D eigenvalue weighted by Gasteiger charge is -2.12. The molecule has 0 unspecified atom stereocenters. The molecule has 0 saturated heterocycles. The Kier molecular flexibility index (Phi) is 6.18. The highest BCUT2D eigenvalue weighted by Gasteiger charge is 2.17. The zero-order valence-corrected chi connectivity index (χ0v) is 15.8. The molecular weight excluding hydrogens is 370 g/mol. The van der Waals surface area contributed by atoms with E-state index in [-0.39, 0.29) is 11.8 Å². The molecule has 0 aliphatic rings. The summed E-state index contributed by atoms with van der Waals surface area (Å²) in [6.07, 6.45) is 2.94. The van der Waals surface area contributed by atoms with Crippen molar-refractivity contribution in [1.82, 2.24) is 9.97 Å². The monoisotopic (exact) mass is 387 g/mol. The molecule has 29 heavy (non-hydrogen) atoms. The lowest BCUT2D eigenvalue weighted by atomic mass is 10.0. The van der Waals surface area contributed by atoms with Crippen LogP contribution in [0.2, 0.25) is 0 Å². The van der Waals surface area contributed by atoms with E-state index in [0.29, 0.717) is 28.2 Å². The summed E-state index contributed by atoms with van der Waals surface area (Å²) in [5, 5.41) is 9.19. The number of ether oxygens (including phenoxy) is 3. The number of methoxy groups -OCH3 is 1. The maximum absolute atomic E-state index is 12.0. The van der Waals surface area contributed by atoms with Gasteiger partial charge in [-0.25, -0.2) is 14.8 Å². The van der Waals surface area contributed by atoms with Crippen molar-refractivity contribution >= 4 is 11.5 Å². The average molecular weight is 387 g/mol. The summed E-state index contributed by atoms with van der Waals surface area (Å²) in [4.78, 5) is 20.2. The largest absolute Gasteiger partial charge is 0.465 e. The number of hydrogen-bond donors (Lipinski definition) is 0. The van der Waals surface area contributed by atoms with Gasteiger partial charge in [-0.05, 0) is 25.1 Å². The quantitative estimate of drug-likeness (QED) is 0.454. The highest BCUT2D eigenvalue weighted by Crippen LogP contribution is 2.31. The first-order chi connectivity index (χ1) is 14.2. The molecule has 0 aliphatic carbocycles. The third-order valence-electron chi connectivity index (χ3n) is 3.92. The van der Waals surface area contributed by atoms with Gasteiger partial charge in [-0.3, -0.25) is 0 Å². The zero-order chi connectivity index (χ0) is 20.6. The molecule has 7 heteroatoms. The van der Waals surface area contributed by atoms with Gasteiger partial charge >= 0.3 is 5.97 Å². The van der Waals surface area contributed by atoms with Crippen LogP contribution in [0.25, 0.3) is 5.57 Å². The number of rotatable bonds is 6. The Morgan fingerprint density at radius 3 is 2.28 bits per heavy atom. The summed E-state index contributed by atoms with van der Waals surface area (Å²) in [7, 11) is 1.32. The van der Waals surface area contributed by atoms with Crippen LogP contribution in [-0.4, -0.2) is 23.0 Å². The fraction of sp³-hybridized carbons (Fsp3) is 0.0909. The first-order valence-corrected chi connectivity index (χ1v) is 8.67. The van der Waals surface area contributed by atoms with Gasteiger partial charge in [0.25, 0.3) is 0 Å². The summed E-state index contributed by atoms with van der Waals surface area (Å²) >= 11 is 0. The molecule has 0 N–H and O–H groups in total. The van der Waals surface area contributed by atoms with Gasteiger partial charge in [0.1, 0.15) is 23.9 Å². The first kappa shape index (κ1) is 19.6. The molecule has 0 radical (unpaired) electrons. The summed E-state index contributed by atoms with van der Waals surface area (Å²) < 4.78 is 16.4. The van der Waals surface area contributed by atoms with E-state index in [2.05, 4.69) is 16.0 Å². The summed E-state index contributed by atoms with van der Waals surface area (Å²) in [6, 6.07) is 17.4. The summed E-state index contributed by atoms with van der Waals surface area (Å²) in [5.74, 6) is 0.769. The Balaban J connectivity index is 1.89. The Morgan fingerprint density at radius 1 is 1.00 bits per heavy atom. The van der Waals surface area contributed by atoms with E-state index >= 15 is 0 Å². The van der Waals surface area contributed by atoms with Crippen molar-refractivity contribution in [2.45, 2.75) is 6.92 Å². The second-order valence-corrected chi connectivity index (χ2v) is 5.70. The first-order valence-electron chi connectivity index (χ1n) is 8.67. The van der Waals surface area contributed by atoms with Crippen LogP contribution in [0.15, 0.2) is 67.0 Å². The summed E-state index contributed by atoms with van der Waals surface area (Å²) in [5.41, 5.74) is 1.32. The van der Waals surface area contributed by atoms with Crippen LogP contribution >= 0.6 is 0 Å². The smallest absolute Gasteiger partial charge is 0.338 e. The number of esters is 1. The molecule has 0 fully saturated rings. The topological polar surface area (TPSA) is 94.3 Å². The molecule has 3 rings (SSSR count). The van der Waals surface area contributed by atoms with E-state index in [4.69, 9.17) is 14.2 Å². The van der Waals surface area contributed by atoms with E-state index in [1.165, 1.54) is 19.5 Å². The predicted octanol–water partition coefficient (Wildman–Crippen LogP) is 4.51. The van der Waals surface area contributed by atoms with Crippen molar-refractivity contribution in [1.29, 1.82) is 5.26 Å². The van der Waals surface area contributed by atoms with E-state index in [1.54, 1.807) is 61.5 Å². The van der Waals surface area contributed by atoms with Crippen LogP contribution in [0, 0.1) is 11.3 Å². The zero-order valence-electron chi connectivity index (χ0n) is 15.8. The Morgan fingerprint density at radius 2 is 1.62 bits per heavy atom. The van der Waals surface area contributed by atoms with Crippen molar-refractivity contribution in [3.05, 3.63) is 78.1 Å². The molecule has 0 saturated carbocycles. The highest BCUT2D eigenvalue weighted by atomic mass is 16.5. The third kappa shape index (κ3) is 4.57. The molecule has 1 heterocycles. The highest BCUT2D eigenvalue weighted by molar-refractivity contribution is 6.17. The molecule has 2 aromatic carbocycles. The van der Waals surface area contributed by atoms with Gasteiger partial charge in [-0.1, -0.05) is 36.4 Å². The molecular formula is C22H17N3O4. The number of hydrogen-bond acceptors (Lipinski definition) is 7. The van der Waals surface area contributed by atoms with Crippen molar-refractivity contribution in [2.75, 3.05) is 7.11 Å². The third-order valence-corrected chi connectivity index (χ3v) is 3.92. The molecule has 0 aliphatic heterocycles. The van der Waals surface area contributed by atoms with Gasteiger partial charge < -0.3 is 14.2 Å². The summed E-state index contributed by atoms with van der Waals surface area (Å²) in [6.45, 7) is 1.74. The van der Waals surface area contributed by atoms with E-state index < -0.39 is 5.97 Å². The normalized spacial score (nSPS) is 10.7. The number of aromatic nitrogens is 2. The maximum atomic E-state index is 12.0. The lowest BCUT2D eigenvalue weighted by molar-refractivity contribution is -0.133. The Hall–Kier alpha value is -4.18. The molecule has 0 spiro atoms. The fourth-order valence-electron chi connectivity index (χ4n) is 2.58. The van der Waals surface area contributed by atoms with Gasteiger partial charge in [0.05, 0.1) is 24.3 Å². The van der Waals surface area contributed by atoms with E-state index in [9.17, 15) is 10.1 Å². The van der Waals surface area contributed by atoms with Gasteiger partial charge in [-0.2, -0.15) is 5.26 Å². The number of allylic oxidation sites excluding steroid dienone is 1. The van der Waals surface area contributed by atoms with Crippen molar-refractivity contribution in [2.24, 2.45) is 0 Å². The number of nitriles is 1. The van der Waals surface area contributed by atoms with Crippen LogP contribution in [0.3, 0.4) is 0 Å². The lowest BCUT2D eigenvalue weighted by Crippen LogP contribution is -2.05. The van der Waals surface area contributed by atoms with Gasteiger partial charge in [0, 0.05) is 5.56 Å². The van der Waals surface area contributed by atoms with Gasteiger partial charge in [0.2, 0.25) is 11.8 Å². The van der Waals surface area contributed by atoms with Crippen molar-refractivity contribution in [3.63, 3.8) is 0 Å². The van der Waals surface area contributed by atoms with Crippen LogP contribution in [-0.2, 0) is 9.53 Å². The Labute approximate surface area is 167 Å². The van der Waals surface area contributed by atoms with Crippen molar-refractivity contribution in [3.8, 4) is 29.3 Å². The van der Waals surface area contributed by atoms with E-state index in [0.717, 1.165) is 0 Å². The van der Waals surface area contributed by atoms with Crippen LogP contribution < -0.4 is 9.47 Å². The molecule has 1 aromatic heterocycles. The molecule has 0 atom stereocenters. The predicted molar refractivity (Wildman–Crippen MR) is 105 cm³/mol. The van der Waals surface area contributed by atoms with Crippen LogP contribution in [0.5, 0.6) is 23.3 Å². The number of benzene rings is 2. The second kappa shape index (κ2) is 9.15. The standard InChI is InChI=1S/C22H17N3O4/c1-3-16(22(26)27-2)17-9-5-7-11-19(17)29-21-12-20(24-14-25-21)28-18-10-6-4-8-15(18)13-23/h3-12,14H,1-2H3. The van der Waals surface area contributed by atoms with Gasteiger partial charge in [0.15, 0.2) is 0 Å². The molecule has 7 nitrogen and oxygen atoms in total. The minimum atomic E-state index is -0.469. The molecule has 0 bridgehead atoms. The Bertz CT molecular complexity index is 1100.